The Morgan fingerprint density at radius 2 is 2.31 bits per heavy atom. The standard InChI is InChI=1S/C10H11BrClN/c1-2-3-6-13-10-7-8(11)4-5-9(10)12/h2,4-5,7,13H,1,3,6H2. The summed E-state index contributed by atoms with van der Waals surface area (Å²) in [4.78, 5) is 0. The van der Waals surface area contributed by atoms with Crippen LogP contribution in [0.15, 0.2) is 35.3 Å². The van der Waals surface area contributed by atoms with Gasteiger partial charge in [0.05, 0.1) is 10.7 Å². The van der Waals surface area contributed by atoms with Crippen LogP contribution in [0.1, 0.15) is 6.42 Å². The zero-order chi connectivity index (χ0) is 9.68. The number of nitrogens with one attached hydrogen (secondary N) is 1. The van der Waals surface area contributed by atoms with Crippen molar-refractivity contribution in [1.29, 1.82) is 0 Å². The first-order chi connectivity index (χ1) is 6.24. The first-order valence-electron chi connectivity index (χ1n) is 4.04. The quantitative estimate of drug-likeness (QED) is 0.635. The van der Waals surface area contributed by atoms with Gasteiger partial charge < -0.3 is 5.32 Å². The van der Waals surface area contributed by atoms with Crippen molar-refractivity contribution in [3.8, 4) is 0 Å². The highest BCUT2D eigenvalue weighted by molar-refractivity contribution is 9.10. The number of hydrogen-bond donors (Lipinski definition) is 1. The molecule has 1 rings (SSSR count). The van der Waals surface area contributed by atoms with Crippen molar-refractivity contribution < 1.29 is 0 Å². The summed E-state index contributed by atoms with van der Waals surface area (Å²) in [5, 5.41) is 3.96. The molecular formula is C10H11BrClN. The maximum Gasteiger partial charge on any atom is 0.0638 e. The van der Waals surface area contributed by atoms with Crippen molar-refractivity contribution in [3.63, 3.8) is 0 Å². The van der Waals surface area contributed by atoms with Crippen molar-refractivity contribution in [3.05, 3.63) is 40.3 Å². The van der Waals surface area contributed by atoms with Crippen LogP contribution >= 0.6 is 27.5 Å². The molecule has 70 valence electrons. The van der Waals surface area contributed by atoms with E-state index in [1.807, 2.05) is 24.3 Å². The first-order valence-corrected chi connectivity index (χ1v) is 5.21. The number of hydrogen-bond acceptors (Lipinski definition) is 1. The molecule has 0 aliphatic heterocycles. The van der Waals surface area contributed by atoms with Crippen LogP contribution in [0.5, 0.6) is 0 Å². The second kappa shape index (κ2) is 5.30. The average molecular weight is 261 g/mol. The van der Waals surface area contributed by atoms with Crippen LogP contribution < -0.4 is 5.32 Å². The number of rotatable bonds is 4. The summed E-state index contributed by atoms with van der Waals surface area (Å²) < 4.78 is 1.03. The van der Waals surface area contributed by atoms with E-state index in [-0.39, 0.29) is 0 Å². The molecule has 0 aromatic heterocycles. The number of halogens is 2. The van der Waals surface area contributed by atoms with E-state index in [0.29, 0.717) is 0 Å². The molecule has 0 radical (unpaired) electrons. The number of anilines is 1. The van der Waals surface area contributed by atoms with Gasteiger partial charge in [0, 0.05) is 11.0 Å². The summed E-state index contributed by atoms with van der Waals surface area (Å²) in [5.41, 5.74) is 0.956. The van der Waals surface area contributed by atoms with Crippen LogP contribution in [-0.2, 0) is 0 Å². The Bertz CT molecular complexity index is 299. The van der Waals surface area contributed by atoms with Crippen molar-refractivity contribution in [1.82, 2.24) is 0 Å². The van der Waals surface area contributed by atoms with Gasteiger partial charge in [-0.05, 0) is 24.6 Å². The topological polar surface area (TPSA) is 12.0 Å². The Labute approximate surface area is 91.9 Å². The Morgan fingerprint density at radius 3 is 3.00 bits per heavy atom. The smallest absolute Gasteiger partial charge is 0.0638 e. The third-order valence-corrected chi connectivity index (χ3v) is 2.42. The third-order valence-electron chi connectivity index (χ3n) is 1.59. The molecule has 0 fully saturated rings. The molecule has 0 heterocycles. The van der Waals surface area contributed by atoms with Gasteiger partial charge in [-0.15, -0.1) is 6.58 Å². The molecule has 0 spiro atoms. The highest BCUT2D eigenvalue weighted by atomic mass is 79.9. The Balaban J connectivity index is 2.64. The van der Waals surface area contributed by atoms with Gasteiger partial charge in [0.25, 0.3) is 0 Å². The van der Waals surface area contributed by atoms with Gasteiger partial charge >= 0.3 is 0 Å². The molecule has 0 bridgehead atoms. The van der Waals surface area contributed by atoms with E-state index < -0.39 is 0 Å². The van der Waals surface area contributed by atoms with E-state index in [1.54, 1.807) is 0 Å². The summed E-state index contributed by atoms with van der Waals surface area (Å²) in [6.07, 6.45) is 2.81. The van der Waals surface area contributed by atoms with Crippen LogP contribution in [0.2, 0.25) is 5.02 Å². The molecular weight excluding hydrogens is 249 g/mol. The van der Waals surface area contributed by atoms with E-state index in [0.717, 1.165) is 28.1 Å². The first kappa shape index (κ1) is 10.6. The molecule has 0 aliphatic carbocycles. The van der Waals surface area contributed by atoms with Gasteiger partial charge in [0.2, 0.25) is 0 Å². The van der Waals surface area contributed by atoms with E-state index in [2.05, 4.69) is 27.8 Å². The van der Waals surface area contributed by atoms with Gasteiger partial charge in [0.15, 0.2) is 0 Å². The van der Waals surface area contributed by atoms with E-state index >= 15 is 0 Å². The van der Waals surface area contributed by atoms with Crippen LogP contribution in [0, 0.1) is 0 Å². The monoisotopic (exact) mass is 259 g/mol. The minimum Gasteiger partial charge on any atom is -0.383 e. The minimum atomic E-state index is 0.743. The molecule has 1 aromatic rings. The molecule has 1 N–H and O–H groups in total. The fraction of sp³-hybridized carbons (Fsp3) is 0.200. The molecule has 0 unspecified atom stereocenters. The summed E-state index contributed by atoms with van der Waals surface area (Å²) in [6, 6.07) is 5.74. The largest absolute Gasteiger partial charge is 0.383 e. The molecule has 0 amide bonds. The predicted molar refractivity (Wildman–Crippen MR) is 62.5 cm³/mol. The lowest BCUT2D eigenvalue weighted by molar-refractivity contribution is 1.07. The zero-order valence-electron chi connectivity index (χ0n) is 7.19. The molecule has 0 saturated carbocycles. The van der Waals surface area contributed by atoms with Gasteiger partial charge in [-0.1, -0.05) is 33.6 Å². The number of benzene rings is 1. The second-order valence-corrected chi connectivity index (χ2v) is 3.95. The minimum absolute atomic E-state index is 0.743. The lowest BCUT2D eigenvalue weighted by atomic mass is 10.3. The van der Waals surface area contributed by atoms with Gasteiger partial charge in [0.1, 0.15) is 0 Å². The molecule has 13 heavy (non-hydrogen) atoms. The Hall–Kier alpha value is -0.470. The third kappa shape index (κ3) is 3.41. The van der Waals surface area contributed by atoms with E-state index in [1.165, 1.54) is 0 Å². The van der Waals surface area contributed by atoms with E-state index in [9.17, 15) is 0 Å². The van der Waals surface area contributed by atoms with Gasteiger partial charge in [-0.3, -0.25) is 0 Å². The highest BCUT2D eigenvalue weighted by Crippen LogP contribution is 2.25. The van der Waals surface area contributed by atoms with Crippen molar-refractivity contribution in [2.24, 2.45) is 0 Å². The van der Waals surface area contributed by atoms with Crippen LogP contribution in [0.25, 0.3) is 0 Å². The highest BCUT2D eigenvalue weighted by Gasteiger charge is 1.98. The summed E-state index contributed by atoms with van der Waals surface area (Å²) in [7, 11) is 0. The maximum absolute atomic E-state index is 5.97. The molecule has 0 saturated heterocycles. The van der Waals surface area contributed by atoms with Crippen molar-refractivity contribution >= 4 is 33.2 Å². The van der Waals surface area contributed by atoms with Crippen LogP contribution in [-0.4, -0.2) is 6.54 Å². The predicted octanol–water partition coefficient (Wildman–Crippen LogP) is 4.09. The zero-order valence-corrected chi connectivity index (χ0v) is 9.53. The molecule has 0 aliphatic rings. The van der Waals surface area contributed by atoms with Crippen molar-refractivity contribution in [2.45, 2.75) is 6.42 Å². The molecule has 0 atom stereocenters. The Kier molecular flexibility index (Phi) is 4.33. The molecule has 3 heteroatoms. The summed E-state index contributed by atoms with van der Waals surface area (Å²) in [6.45, 7) is 4.51. The lowest BCUT2D eigenvalue weighted by Gasteiger charge is -2.06. The van der Waals surface area contributed by atoms with Crippen LogP contribution in [0.3, 0.4) is 0 Å². The average Bonchev–Trinajstić information content (AvgIpc) is 2.11. The summed E-state index contributed by atoms with van der Waals surface area (Å²) >= 11 is 9.35. The normalized spacial score (nSPS) is 9.69. The van der Waals surface area contributed by atoms with E-state index in [4.69, 9.17) is 11.6 Å². The fourth-order valence-corrected chi connectivity index (χ4v) is 1.49. The molecule has 1 aromatic carbocycles. The second-order valence-electron chi connectivity index (χ2n) is 2.63. The fourth-order valence-electron chi connectivity index (χ4n) is 0.942. The SMILES string of the molecule is C=CCCNc1cc(Br)ccc1Cl. The lowest BCUT2D eigenvalue weighted by Crippen LogP contribution is -2.00. The van der Waals surface area contributed by atoms with Crippen LogP contribution in [0.4, 0.5) is 5.69 Å². The molecule has 1 nitrogen and oxygen atoms in total. The Morgan fingerprint density at radius 1 is 1.54 bits per heavy atom. The van der Waals surface area contributed by atoms with Crippen molar-refractivity contribution in [2.75, 3.05) is 11.9 Å². The summed E-state index contributed by atoms with van der Waals surface area (Å²) in [5.74, 6) is 0. The van der Waals surface area contributed by atoms with Gasteiger partial charge in [-0.2, -0.15) is 0 Å². The maximum atomic E-state index is 5.97. The van der Waals surface area contributed by atoms with Gasteiger partial charge in [-0.25, -0.2) is 0 Å².